The molecular formula is C20H23F3N4O4S. The van der Waals surface area contributed by atoms with Crippen LogP contribution in [0.25, 0.3) is 0 Å². The Balaban J connectivity index is 1.72. The van der Waals surface area contributed by atoms with Crippen molar-refractivity contribution in [3.8, 4) is 0 Å². The molecule has 2 aromatic rings. The van der Waals surface area contributed by atoms with Gasteiger partial charge in [-0.05, 0) is 44.2 Å². The maximum absolute atomic E-state index is 14.1. The number of pyridine rings is 1. The summed E-state index contributed by atoms with van der Waals surface area (Å²) < 4.78 is 72.4. The van der Waals surface area contributed by atoms with Crippen LogP contribution in [0, 0.1) is 0 Å². The molecular weight excluding hydrogens is 449 g/mol. The van der Waals surface area contributed by atoms with E-state index in [-0.39, 0.29) is 35.0 Å². The number of halogens is 3. The van der Waals surface area contributed by atoms with Crippen LogP contribution in [0.5, 0.6) is 0 Å². The molecule has 1 aliphatic heterocycles. The van der Waals surface area contributed by atoms with Gasteiger partial charge >= 0.3 is 6.18 Å². The van der Waals surface area contributed by atoms with Crippen LogP contribution in [-0.4, -0.2) is 48.1 Å². The minimum atomic E-state index is -4.77. The van der Waals surface area contributed by atoms with Crippen LogP contribution >= 0.6 is 0 Å². The summed E-state index contributed by atoms with van der Waals surface area (Å²) in [6.07, 6.45) is 0.626. The molecule has 174 valence electrons. The molecule has 1 aliphatic carbocycles. The van der Waals surface area contributed by atoms with E-state index in [2.05, 4.69) is 15.4 Å². The molecule has 8 nitrogen and oxygen atoms in total. The largest absolute Gasteiger partial charge is 0.420 e. The third-order valence-electron chi connectivity index (χ3n) is 5.47. The second kappa shape index (κ2) is 8.47. The van der Waals surface area contributed by atoms with Crippen LogP contribution in [-0.2, 0) is 27.3 Å². The van der Waals surface area contributed by atoms with Crippen molar-refractivity contribution in [3.05, 3.63) is 35.3 Å². The summed E-state index contributed by atoms with van der Waals surface area (Å²) in [5.41, 5.74) is -1.73. The van der Waals surface area contributed by atoms with Crippen LogP contribution in [0.2, 0.25) is 0 Å². The van der Waals surface area contributed by atoms with Crippen molar-refractivity contribution in [1.82, 2.24) is 14.8 Å². The Morgan fingerprint density at radius 2 is 2.03 bits per heavy atom. The number of carbonyl (C=O) groups is 1. The Morgan fingerprint density at radius 3 is 2.62 bits per heavy atom. The SMILES string of the molecule is CS(=O)(=O)c1cc(NC(=O)c2c(C(F)(F)F)c(C3CC3)nn2C[C@@H]2CCCCO2)ccn1. The molecule has 1 saturated heterocycles. The van der Waals surface area contributed by atoms with Gasteiger partial charge in [-0.2, -0.15) is 18.3 Å². The Morgan fingerprint density at radius 1 is 1.28 bits per heavy atom. The van der Waals surface area contributed by atoms with Crippen LogP contribution < -0.4 is 5.32 Å². The number of nitrogens with zero attached hydrogens (tertiary/aromatic N) is 3. The highest BCUT2D eigenvalue weighted by atomic mass is 32.2. The number of rotatable bonds is 6. The minimum Gasteiger partial charge on any atom is -0.376 e. The number of ether oxygens (including phenoxy) is 1. The molecule has 1 saturated carbocycles. The fraction of sp³-hybridized carbons (Fsp3) is 0.550. The van der Waals surface area contributed by atoms with Crippen molar-refractivity contribution in [2.75, 3.05) is 18.2 Å². The summed E-state index contributed by atoms with van der Waals surface area (Å²) >= 11 is 0. The number of carbonyl (C=O) groups excluding carboxylic acids is 1. The standard InChI is InChI=1S/C20H23F3N4O4S/c1-32(29,30)15-10-13(7-8-24-15)25-19(28)18-16(20(21,22)23)17(12-5-6-12)26-27(18)11-14-4-2-3-9-31-14/h7-8,10,12,14H,2-6,9,11H2,1H3,(H,24,25,28)/t14-/m0/s1. The van der Waals surface area contributed by atoms with Gasteiger partial charge in [0.25, 0.3) is 5.91 Å². The number of anilines is 1. The minimum absolute atomic E-state index is 0.0215. The average molecular weight is 472 g/mol. The first kappa shape index (κ1) is 22.7. The van der Waals surface area contributed by atoms with Gasteiger partial charge in [0.05, 0.1) is 18.3 Å². The number of aromatic nitrogens is 3. The van der Waals surface area contributed by atoms with Gasteiger partial charge in [-0.1, -0.05) is 0 Å². The highest BCUT2D eigenvalue weighted by Gasteiger charge is 2.46. The quantitative estimate of drug-likeness (QED) is 0.691. The molecule has 3 heterocycles. The van der Waals surface area contributed by atoms with Gasteiger partial charge in [0.1, 0.15) is 11.3 Å². The van der Waals surface area contributed by atoms with E-state index in [0.29, 0.717) is 25.9 Å². The number of nitrogens with one attached hydrogen (secondary N) is 1. The number of sulfone groups is 1. The summed E-state index contributed by atoms with van der Waals surface area (Å²) in [6.45, 7) is 0.545. The summed E-state index contributed by atoms with van der Waals surface area (Å²) in [6, 6.07) is 2.42. The molecule has 0 unspecified atom stereocenters. The summed E-state index contributed by atoms with van der Waals surface area (Å²) in [7, 11) is -3.66. The van der Waals surface area contributed by atoms with Gasteiger partial charge in [-0.15, -0.1) is 0 Å². The molecule has 0 radical (unpaired) electrons. The Labute approximate surface area is 183 Å². The van der Waals surface area contributed by atoms with Gasteiger partial charge in [0.2, 0.25) is 0 Å². The summed E-state index contributed by atoms with van der Waals surface area (Å²) in [5, 5.41) is 6.29. The number of amides is 1. The molecule has 0 aromatic carbocycles. The summed E-state index contributed by atoms with van der Waals surface area (Å²) in [4.78, 5) is 16.8. The third kappa shape index (κ3) is 4.96. The van der Waals surface area contributed by atoms with Crippen molar-refractivity contribution < 1.29 is 31.1 Å². The molecule has 2 aromatic heterocycles. The maximum Gasteiger partial charge on any atom is 0.420 e. The first-order chi connectivity index (χ1) is 15.0. The predicted octanol–water partition coefficient (Wildman–Crippen LogP) is 3.40. The van der Waals surface area contributed by atoms with Gasteiger partial charge in [0, 0.05) is 30.7 Å². The molecule has 2 fully saturated rings. The highest BCUT2D eigenvalue weighted by molar-refractivity contribution is 7.90. The number of alkyl halides is 3. The van der Waals surface area contributed by atoms with Crippen LogP contribution in [0.3, 0.4) is 0 Å². The van der Waals surface area contributed by atoms with E-state index in [1.165, 1.54) is 12.3 Å². The fourth-order valence-electron chi connectivity index (χ4n) is 3.79. The topological polar surface area (TPSA) is 103 Å². The van der Waals surface area contributed by atoms with E-state index in [9.17, 15) is 26.4 Å². The first-order valence-electron chi connectivity index (χ1n) is 10.3. The van der Waals surface area contributed by atoms with E-state index >= 15 is 0 Å². The normalized spacial score (nSPS) is 19.7. The Kier molecular flexibility index (Phi) is 6.01. The Bertz CT molecular complexity index is 1120. The van der Waals surface area contributed by atoms with Crippen LogP contribution in [0.1, 0.15) is 59.8 Å². The van der Waals surface area contributed by atoms with Gasteiger partial charge in [-0.25, -0.2) is 13.4 Å². The van der Waals surface area contributed by atoms with Crippen molar-refractivity contribution in [2.45, 2.75) is 61.9 Å². The molecule has 1 N–H and O–H groups in total. The lowest BCUT2D eigenvalue weighted by Crippen LogP contribution is -2.29. The van der Waals surface area contributed by atoms with E-state index in [4.69, 9.17) is 4.74 Å². The Hall–Kier alpha value is -2.47. The third-order valence-corrected chi connectivity index (χ3v) is 6.45. The molecule has 1 amide bonds. The van der Waals surface area contributed by atoms with Gasteiger partial charge in [-0.3, -0.25) is 9.48 Å². The monoisotopic (exact) mass is 472 g/mol. The van der Waals surface area contributed by atoms with Crippen molar-refractivity contribution in [1.29, 1.82) is 0 Å². The van der Waals surface area contributed by atoms with Gasteiger partial charge in [0.15, 0.2) is 14.9 Å². The first-order valence-corrected chi connectivity index (χ1v) is 12.2. The van der Waals surface area contributed by atoms with E-state index in [1.54, 1.807) is 0 Å². The zero-order valence-electron chi connectivity index (χ0n) is 17.4. The second-order valence-corrected chi connectivity index (χ2v) is 10.1. The molecule has 0 spiro atoms. The predicted molar refractivity (Wildman–Crippen MR) is 108 cm³/mol. The highest BCUT2D eigenvalue weighted by Crippen LogP contribution is 2.46. The van der Waals surface area contributed by atoms with E-state index < -0.39 is 33.2 Å². The lowest BCUT2D eigenvalue weighted by atomic mass is 10.1. The van der Waals surface area contributed by atoms with Gasteiger partial charge < -0.3 is 10.1 Å². The molecule has 0 bridgehead atoms. The maximum atomic E-state index is 14.1. The van der Waals surface area contributed by atoms with E-state index in [1.807, 2.05) is 0 Å². The van der Waals surface area contributed by atoms with E-state index in [0.717, 1.165) is 29.8 Å². The van der Waals surface area contributed by atoms with Crippen molar-refractivity contribution in [3.63, 3.8) is 0 Å². The van der Waals surface area contributed by atoms with Crippen molar-refractivity contribution in [2.24, 2.45) is 0 Å². The summed E-state index contributed by atoms with van der Waals surface area (Å²) in [5.74, 6) is -1.34. The average Bonchev–Trinajstić information content (AvgIpc) is 3.48. The smallest absolute Gasteiger partial charge is 0.376 e. The number of hydrogen-bond acceptors (Lipinski definition) is 6. The molecule has 4 rings (SSSR count). The number of hydrogen-bond donors (Lipinski definition) is 1. The fourth-order valence-corrected chi connectivity index (χ4v) is 4.38. The van der Waals surface area contributed by atoms with Crippen LogP contribution in [0.15, 0.2) is 23.4 Å². The molecule has 32 heavy (non-hydrogen) atoms. The van der Waals surface area contributed by atoms with Crippen LogP contribution in [0.4, 0.5) is 18.9 Å². The second-order valence-electron chi connectivity index (χ2n) is 8.16. The lowest BCUT2D eigenvalue weighted by molar-refractivity contribution is -0.138. The molecule has 12 heteroatoms. The zero-order valence-corrected chi connectivity index (χ0v) is 18.2. The molecule has 1 atom stereocenters. The molecule has 2 aliphatic rings. The van der Waals surface area contributed by atoms with Crippen molar-refractivity contribution >= 4 is 21.4 Å². The lowest BCUT2D eigenvalue weighted by Gasteiger charge is -2.23. The zero-order chi connectivity index (χ0) is 23.1.